The number of halogens is 1. The largest absolute Gasteiger partial charge is 0.359 e. The predicted octanol–water partition coefficient (Wildman–Crippen LogP) is 4.50. The van der Waals surface area contributed by atoms with Gasteiger partial charge in [-0.05, 0) is 35.4 Å². The summed E-state index contributed by atoms with van der Waals surface area (Å²) in [6.07, 6.45) is 3.14. The Morgan fingerprint density at radius 1 is 0.939 bits per heavy atom. The maximum absolute atomic E-state index is 13.1. The Kier molecular flexibility index (Phi) is 7.12. The summed E-state index contributed by atoms with van der Waals surface area (Å²) in [6.45, 7) is 0.823. The van der Waals surface area contributed by atoms with Crippen molar-refractivity contribution in [3.05, 3.63) is 118 Å². The zero-order valence-corrected chi connectivity index (χ0v) is 18.4. The van der Waals surface area contributed by atoms with E-state index in [-0.39, 0.29) is 24.1 Å². The van der Waals surface area contributed by atoms with Gasteiger partial charge >= 0.3 is 0 Å². The first kappa shape index (κ1) is 22.2. The number of hydrogen-bond acceptors (Lipinski definition) is 5. The molecule has 0 fully saturated rings. The number of aromatic nitrogens is 2. The number of nitrogens with one attached hydrogen (secondary N) is 1. The summed E-state index contributed by atoms with van der Waals surface area (Å²) in [5.74, 6) is -0.176. The lowest BCUT2D eigenvalue weighted by Crippen LogP contribution is -2.30. The van der Waals surface area contributed by atoms with Crippen molar-refractivity contribution in [1.29, 1.82) is 0 Å². The zero-order chi connectivity index (χ0) is 23.0. The van der Waals surface area contributed by atoms with Gasteiger partial charge in [0.1, 0.15) is 0 Å². The van der Waals surface area contributed by atoms with E-state index in [9.17, 15) is 9.59 Å². The number of benzene rings is 2. The first-order chi connectivity index (χ1) is 16.1. The predicted molar refractivity (Wildman–Crippen MR) is 123 cm³/mol. The molecule has 0 aliphatic rings. The second kappa shape index (κ2) is 10.6. The van der Waals surface area contributed by atoms with E-state index in [1.165, 1.54) is 6.20 Å². The molecule has 8 heteroatoms. The molecule has 0 aliphatic heterocycles. The fourth-order valence-corrected chi connectivity index (χ4v) is 3.49. The minimum atomic E-state index is -0.377. The van der Waals surface area contributed by atoms with E-state index < -0.39 is 0 Å². The molecule has 4 aromatic rings. The van der Waals surface area contributed by atoms with Crippen LogP contribution in [-0.2, 0) is 19.6 Å². The summed E-state index contributed by atoms with van der Waals surface area (Å²) < 4.78 is 5.37. The van der Waals surface area contributed by atoms with Gasteiger partial charge in [-0.15, -0.1) is 0 Å². The smallest absolute Gasteiger partial charge is 0.273 e. The maximum Gasteiger partial charge on any atom is 0.273 e. The van der Waals surface area contributed by atoms with Crippen LogP contribution in [0.15, 0.2) is 89.7 Å². The van der Waals surface area contributed by atoms with Gasteiger partial charge in [0.2, 0.25) is 0 Å². The van der Waals surface area contributed by atoms with Crippen molar-refractivity contribution in [2.75, 3.05) is 0 Å². The van der Waals surface area contributed by atoms with Crippen LogP contribution in [0.4, 0.5) is 0 Å². The van der Waals surface area contributed by atoms with Crippen molar-refractivity contribution < 1.29 is 14.1 Å². The molecule has 2 amide bonds. The van der Waals surface area contributed by atoms with Gasteiger partial charge in [-0.1, -0.05) is 59.2 Å². The summed E-state index contributed by atoms with van der Waals surface area (Å²) in [7, 11) is 0. The second-order valence-electron chi connectivity index (χ2n) is 7.38. The molecule has 166 valence electrons. The number of rotatable bonds is 8. The number of nitrogens with zero attached hydrogens (tertiary/aromatic N) is 3. The van der Waals surface area contributed by atoms with Gasteiger partial charge in [-0.25, -0.2) is 0 Å². The van der Waals surface area contributed by atoms with Gasteiger partial charge in [0.05, 0.1) is 12.1 Å². The topological polar surface area (TPSA) is 88.3 Å². The first-order valence-electron chi connectivity index (χ1n) is 10.3. The highest BCUT2D eigenvalue weighted by molar-refractivity contribution is 6.30. The van der Waals surface area contributed by atoms with Crippen LogP contribution in [0.25, 0.3) is 0 Å². The summed E-state index contributed by atoms with van der Waals surface area (Å²) in [5, 5.41) is 7.26. The fourth-order valence-electron chi connectivity index (χ4n) is 3.28. The molecule has 2 heterocycles. The summed E-state index contributed by atoms with van der Waals surface area (Å²) in [5.41, 5.74) is 2.44. The standard InChI is InChI=1S/C25H21ClN4O3/c26-21-10-4-8-19(12-21)14-28-24(31)23-13-22(33-29-23)17-30(16-18-6-2-1-3-7-18)25(32)20-9-5-11-27-15-20/h1-13,15H,14,16-17H2,(H,28,31). The van der Waals surface area contributed by atoms with Crippen molar-refractivity contribution in [2.24, 2.45) is 0 Å². The van der Waals surface area contributed by atoms with Gasteiger partial charge < -0.3 is 14.7 Å². The van der Waals surface area contributed by atoms with E-state index in [0.717, 1.165) is 11.1 Å². The van der Waals surface area contributed by atoms with Gasteiger partial charge in [-0.2, -0.15) is 0 Å². The van der Waals surface area contributed by atoms with Crippen LogP contribution in [0.1, 0.15) is 37.7 Å². The lowest BCUT2D eigenvalue weighted by Gasteiger charge is -2.21. The van der Waals surface area contributed by atoms with Crippen molar-refractivity contribution in [3.8, 4) is 0 Å². The maximum atomic E-state index is 13.1. The normalized spacial score (nSPS) is 10.6. The summed E-state index contributed by atoms with van der Waals surface area (Å²) in [4.78, 5) is 31.3. The molecule has 0 unspecified atom stereocenters. The molecule has 7 nitrogen and oxygen atoms in total. The van der Waals surface area contributed by atoms with Crippen LogP contribution < -0.4 is 5.32 Å². The van der Waals surface area contributed by atoms with Crippen LogP contribution >= 0.6 is 11.6 Å². The molecule has 0 saturated heterocycles. The Hall–Kier alpha value is -3.97. The average molecular weight is 461 g/mol. The number of carbonyl (C=O) groups excluding carboxylic acids is 2. The number of pyridine rings is 1. The monoisotopic (exact) mass is 460 g/mol. The molecule has 4 rings (SSSR count). The molecule has 1 N–H and O–H groups in total. The molecule has 0 bridgehead atoms. The van der Waals surface area contributed by atoms with Crippen molar-refractivity contribution in [1.82, 2.24) is 20.4 Å². The molecule has 2 aromatic carbocycles. The van der Waals surface area contributed by atoms with Crippen molar-refractivity contribution in [3.63, 3.8) is 0 Å². The summed E-state index contributed by atoms with van der Waals surface area (Å²) in [6, 6.07) is 21.8. The minimum Gasteiger partial charge on any atom is -0.359 e. The lowest BCUT2D eigenvalue weighted by atomic mass is 10.1. The molecule has 0 spiro atoms. The number of amides is 2. The van der Waals surface area contributed by atoms with Crippen molar-refractivity contribution >= 4 is 23.4 Å². The van der Waals surface area contributed by atoms with Crippen LogP contribution in [0.3, 0.4) is 0 Å². The van der Waals surface area contributed by atoms with Crippen LogP contribution in [0, 0.1) is 0 Å². The molecule has 0 aliphatic carbocycles. The quantitative estimate of drug-likeness (QED) is 0.418. The Morgan fingerprint density at radius 2 is 1.76 bits per heavy atom. The van der Waals surface area contributed by atoms with Gasteiger partial charge in [0.15, 0.2) is 11.5 Å². The molecule has 0 atom stereocenters. The average Bonchev–Trinajstić information content (AvgIpc) is 3.32. The van der Waals surface area contributed by atoms with E-state index in [0.29, 0.717) is 29.4 Å². The van der Waals surface area contributed by atoms with Gasteiger partial charge in [0.25, 0.3) is 11.8 Å². The molecular weight excluding hydrogens is 440 g/mol. The number of carbonyl (C=O) groups is 2. The highest BCUT2D eigenvalue weighted by Crippen LogP contribution is 2.15. The van der Waals surface area contributed by atoms with Crippen molar-refractivity contribution in [2.45, 2.75) is 19.6 Å². The van der Waals surface area contributed by atoms with E-state index in [4.69, 9.17) is 16.1 Å². The molecular formula is C25H21ClN4O3. The Balaban J connectivity index is 1.46. The van der Waals surface area contributed by atoms with Crippen LogP contribution in [0.2, 0.25) is 5.02 Å². The third kappa shape index (κ3) is 6.05. The van der Waals surface area contributed by atoms with E-state index >= 15 is 0 Å². The lowest BCUT2D eigenvalue weighted by molar-refractivity contribution is 0.0712. The minimum absolute atomic E-state index is 0.139. The Labute approximate surface area is 196 Å². The summed E-state index contributed by atoms with van der Waals surface area (Å²) >= 11 is 5.98. The highest BCUT2D eigenvalue weighted by atomic mass is 35.5. The third-order valence-electron chi connectivity index (χ3n) is 4.89. The van der Waals surface area contributed by atoms with E-state index in [1.807, 2.05) is 42.5 Å². The first-order valence-corrected chi connectivity index (χ1v) is 10.7. The Morgan fingerprint density at radius 3 is 2.52 bits per heavy atom. The molecule has 0 saturated carbocycles. The van der Waals surface area contributed by atoms with Crippen LogP contribution in [-0.4, -0.2) is 26.9 Å². The fraction of sp³-hybridized carbons (Fsp3) is 0.120. The third-order valence-corrected chi connectivity index (χ3v) is 5.13. The molecule has 2 aromatic heterocycles. The van der Waals surface area contributed by atoms with E-state index in [2.05, 4.69) is 15.5 Å². The van der Waals surface area contributed by atoms with E-state index in [1.54, 1.807) is 41.4 Å². The SMILES string of the molecule is O=C(NCc1cccc(Cl)c1)c1cc(CN(Cc2ccccc2)C(=O)c2cccnc2)on1. The zero-order valence-electron chi connectivity index (χ0n) is 17.6. The number of hydrogen-bond donors (Lipinski definition) is 1. The van der Waals surface area contributed by atoms with Gasteiger partial charge in [0, 0.05) is 36.6 Å². The highest BCUT2D eigenvalue weighted by Gasteiger charge is 2.20. The second-order valence-corrected chi connectivity index (χ2v) is 7.82. The molecule has 0 radical (unpaired) electrons. The Bertz CT molecular complexity index is 1230. The van der Waals surface area contributed by atoms with Crippen LogP contribution in [0.5, 0.6) is 0 Å². The molecule has 33 heavy (non-hydrogen) atoms. The van der Waals surface area contributed by atoms with Gasteiger partial charge in [-0.3, -0.25) is 14.6 Å².